The van der Waals surface area contributed by atoms with Crippen LogP contribution in [0.3, 0.4) is 0 Å². The molecular formula is C39H53GdN7O13. The molecule has 5 N–H and O–H groups in total. The smallest absolute Gasteiger partial charge is 0.317 e. The van der Waals surface area contributed by atoms with E-state index in [9.17, 15) is 63.6 Å². The third-order valence-electron chi connectivity index (χ3n) is 10.6. The van der Waals surface area contributed by atoms with Gasteiger partial charge in [0.15, 0.2) is 5.78 Å². The van der Waals surface area contributed by atoms with E-state index in [1.165, 1.54) is 12.2 Å². The second kappa shape index (κ2) is 24.9. The first-order valence-corrected chi connectivity index (χ1v) is 19.6. The summed E-state index contributed by atoms with van der Waals surface area (Å²) in [6, 6.07) is 5.09. The van der Waals surface area contributed by atoms with Gasteiger partial charge in [-0.3, -0.25) is 67.7 Å². The average Bonchev–Trinajstić information content (AvgIpc) is 3.50. The number of ketones is 1. The Morgan fingerprint density at radius 2 is 1.17 bits per heavy atom. The van der Waals surface area contributed by atoms with Crippen LogP contribution in [0.1, 0.15) is 47.2 Å². The van der Waals surface area contributed by atoms with Crippen molar-refractivity contribution in [3.8, 4) is 0 Å². The molecule has 1 aromatic rings. The number of fused-ring (bicyclic) bond motifs is 1. The van der Waals surface area contributed by atoms with Crippen LogP contribution in [-0.4, -0.2) is 201 Å². The Balaban J connectivity index is 0.00000961. The number of nitrogens with one attached hydrogen (secondary N) is 1. The van der Waals surface area contributed by atoms with Gasteiger partial charge in [-0.15, -0.1) is 0 Å². The SMILES string of the molecule is O=C(O)CN1CCN(CC(=O)O)CCN(CC(=O)N2CCc3c(cccc3C(=O)NCC(=O)C[C@@H](CCCCN3C(=O)C=CC3=O)C(=O)O)C2)CCN(CC(=O)O)CC1.[Gd]. The minimum absolute atomic E-state index is 0. The molecule has 20 nitrogen and oxygen atoms in total. The summed E-state index contributed by atoms with van der Waals surface area (Å²) >= 11 is 0. The molecule has 3 heterocycles. The number of carbonyl (C=O) groups is 9. The second-order valence-corrected chi connectivity index (χ2v) is 14.9. The number of carbonyl (C=O) groups excluding carboxylic acids is 5. The van der Waals surface area contributed by atoms with E-state index >= 15 is 0 Å². The Hall–Kier alpha value is -4.25. The predicted molar refractivity (Wildman–Crippen MR) is 207 cm³/mol. The minimum atomic E-state index is -1.16. The Bertz CT molecular complexity index is 1740. The Labute approximate surface area is 379 Å². The molecule has 0 spiro atoms. The Morgan fingerprint density at radius 1 is 0.667 bits per heavy atom. The second-order valence-electron chi connectivity index (χ2n) is 14.9. The first kappa shape index (κ1) is 50.1. The van der Waals surface area contributed by atoms with Crippen LogP contribution in [0.15, 0.2) is 30.4 Å². The molecule has 1 atom stereocenters. The van der Waals surface area contributed by atoms with Crippen molar-refractivity contribution < 1.29 is 104 Å². The molecule has 1 aromatic carbocycles. The first-order valence-electron chi connectivity index (χ1n) is 19.6. The van der Waals surface area contributed by atoms with Gasteiger partial charge in [-0.2, -0.15) is 0 Å². The van der Waals surface area contributed by atoms with Crippen molar-refractivity contribution in [2.75, 3.05) is 98.2 Å². The van der Waals surface area contributed by atoms with Gasteiger partial charge in [0, 0.05) is 136 Å². The number of aliphatic carboxylic acids is 4. The van der Waals surface area contributed by atoms with Crippen LogP contribution in [0, 0.1) is 45.9 Å². The van der Waals surface area contributed by atoms with E-state index in [1.54, 1.807) is 37.8 Å². The summed E-state index contributed by atoms with van der Waals surface area (Å²) in [4.78, 5) is 119. The van der Waals surface area contributed by atoms with E-state index < -0.39 is 53.3 Å². The molecule has 0 radical (unpaired) electrons. The van der Waals surface area contributed by atoms with Crippen LogP contribution in [0.2, 0.25) is 0 Å². The normalized spacial score (nSPS) is 17.8. The van der Waals surface area contributed by atoms with Gasteiger partial charge in [0.25, 0.3) is 17.7 Å². The molecule has 60 heavy (non-hydrogen) atoms. The summed E-state index contributed by atoms with van der Waals surface area (Å²) in [5.74, 6) is -7.36. The zero-order chi connectivity index (χ0) is 43.1. The fraction of sp³-hybridized carbons (Fsp3) is 0.564. The average molecular weight is 985 g/mol. The van der Waals surface area contributed by atoms with Crippen LogP contribution < -0.4 is 5.32 Å². The van der Waals surface area contributed by atoms with E-state index in [4.69, 9.17) is 0 Å². The van der Waals surface area contributed by atoms with E-state index in [1.807, 2.05) is 4.90 Å². The molecule has 0 saturated carbocycles. The van der Waals surface area contributed by atoms with Crippen molar-refractivity contribution in [2.24, 2.45) is 5.92 Å². The predicted octanol–water partition coefficient (Wildman–Crippen LogP) is -1.47. The third-order valence-corrected chi connectivity index (χ3v) is 10.6. The van der Waals surface area contributed by atoms with Gasteiger partial charge >= 0.3 is 23.9 Å². The standard InChI is InChI=1S/C39H53N7O13.Gd/c47-29(20-27(39(58)59)4-1-2-10-46-32(48)7-8-33(46)49)21-40-38(57)31-6-3-5-28-22-45(11-9-30(28)31)34(50)23-41-12-14-42(24-35(51)52)16-18-44(26-37(55)56)19-17-43(15-13-41)25-36(53)54;/h3,5-8,27H,1-2,4,9-26H2,(H,40,57)(H,51,52)(H,53,54)(H,55,56)(H,58,59);/t27-;/m1./s1. The zero-order valence-corrected chi connectivity index (χ0v) is 35.6. The maximum absolute atomic E-state index is 13.7. The number of Topliss-reactive ketones (excluding diaryl/α,β-unsaturated/α-hetero) is 1. The topological polar surface area (TPSA) is 266 Å². The molecular weight excluding hydrogens is 932 g/mol. The van der Waals surface area contributed by atoms with Crippen LogP contribution in [0.25, 0.3) is 0 Å². The summed E-state index contributed by atoms with van der Waals surface area (Å²) in [6.45, 7) is 1.51. The van der Waals surface area contributed by atoms with Crippen LogP contribution in [0.4, 0.5) is 0 Å². The molecule has 3 aliphatic heterocycles. The summed E-state index contributed by atoms with van der Waals surface area (Å²) in [7, 11) is 0. The van der Waals surface area contributed by atoms with E-state index in [-0.39, 0.29) is 150 Å². The number of amides is 4. The van der Waals surface area contributed by atoms with Crippen molar-refractivity contribution in [3.05, 3.63) is 47.0 Å². The Kier molecular flexibility index (Phi) is 20.8. The summed E-state index contributed by atoms with van der Waals surface area (Å²) in [5, 5.41) is 40.7. The van der Waals surface area contributed by atoms with Crippen LogP contribution in [0.5, 0.6) is 0 Å². The quantitative estimate of drug-likeness (QED) is 0.0783. The largest absolute Gasteiger partial charge is 0.481 e. The van der Waals surface area contributed by atoms with E-state index in [0.29, 0.717) is 43.5 Å². The Morgan fingerprint density at radius 3 is 1.65 bits per heavy atom. The van der Waals surface area contributed by atoms with Gasteiger partial charge in [0.05, 0.1) is 38.6 Å². The molecule has 1 saturated heterocycles. The van der Waals surface area contributed by atoms with Crippen LogP contribution in [-0.2, 0) is 51.3 Å². The fourth-order valence-corrected chi connectivity index (χ4v) is 7.36. The van der Waals surface area contributed by atoms with Gasteiger partial charge in [0.2, 0.25) is 5.91 Å². The molecule has 0 aliphatic carbocycles. The first-order chi connectivity index (χ1) is 28.1. The number of benzene rings is 1. The minimum Gasteiger partial charge on any atom is -0.481 e. The van der Waals surface area contributed by atoms with E-state index in [2.05, 4.69) is 5.32 Å². The molecule has 4 rings (SSSR count). The summed E-state index contributed by atoms with van der Waals surface area (Å²) in [6.07, 6.45) is 3.29. The molecule has 330 valence electrons. The maximum Gasteiger partial charge on any atom is 0.317 e. The molecule has 21 heteroatoms. The number of hydrogen-bond acceptors (Lipinski definition) is 13. The molecule has 3 aliphatic rings. The fourth-order valence-electron chi connectivity index (χ4n) is 7.36. The molecule has 4 amide bonds. The molecule has 0 aromatic heterocycles. The van der Waals surface area contributed by atoms with Crippen molar-refractivity contribution in [3.63, 3.8) is 0 Å². The molecule has 1 fully saturated rings. The number of carboxylic acids is 4. The van der Waals surface area contributed by atoms with Gasteiger partial charge in [0.1, 0.15) is 0 Å². The molecule has 0 unspecified atom stereocenters. The monoisotopic (exact) mass is 985 g/mol. The summed E-state index contributed by atoms with van der Waals surface area (Å²) in [5.41, 5.74) is 1.79. The number of imide groups is 1. The zero-order valence-electron chi connectivity index (χ0n) is 33.3. The van der Waals surface area contributed by atoms with Crippen molar-refractivity contribution in [1.82, 2.24) is 34.7 Å². The number of unbranched alkanes of at least 4 members (excludes halogenated alkanes) is 1. The van der Waals surface area contributed by atoms with Gasteiger partial charge in [-0.25, -0.2) is 0 Å². The number of nitrogens with zero attached hydrogens (tertiary/aromatic N) is 6. The number of hydrogen-bond donors (Lipinski definition) is 5. The number of rotatable bonds is 19. The van der Waals surface area contributed by atoms with Gasteiger partial charge < -0.3 is 30.6 Å². The van der Waals surface area contributed by atoms with Gasteiger partial charge in [-0.1, -0.05) is 18.6 Å². The van der Waals surface area contributed by atoms with Gasteiger partial charge in [-0.05, 0) is 36.5 Å². The van der Waals surface area contributed by atoms with Crippen molar-refractivity contribution in [1.29, 1.82) is 0 Å². The van der Waals surface area contributed by atoms with Crippen molar-refractivity contribution in [2.45, 2.75) is 38.6 Å². The third kappa shape index (κ3) is 16.3. The maximum atomic E-state index is 13.7. The van der Waals surface area contributed by atoms with Crippen LogP contribution >= 0.6 is 0 Å². The number of carboxylic acid groups (broad SMARTS) is 4. The van der Waals surface area contributed by atoms with Crippen molar-refractivity contribution >= 4 is 53.3 Å². The van der Waals surface area contributed by atoms with E-state index in [0.717, 1.165) is 10.5 Å². The summed E-state index contributed by atoms with van der Waals surface area (Å²) < 4.78 is 0. The molecule has 0 bridgehead atoms.